The molecule has 7 nitrogen and oxygen atoms in total. The molecule has 0 saturated carbocycles. The molecular weight excluding hydrogens is 286 g/mol. The first-order valence-corrected chi connectivity index (χ1v) is 7.21. The standard InChI is InChI=1S/C12H17NO6S/c1-12(16,8-14)7-13-20(17,18)10-5-3-9(4-6-10)11(15)19-2/h3-6,13-14,16H,7-8H2,1-2H3. The first kappa shape index (κ1) is 16.6. The minimum absolute atomic E-state index is 0.0566. The Bertz CT molecular complexity index is 564. The molecule has 112 valence electrons. The topological polar surface area (TPSA) is 113 Å². The van der Waals surface area contributed by atoms with Gasteiger partial charge in [0.25, 0.3) is 0 Å². The Kier molecular flexibility index (Phi) is 5.23. The van der Waals surface area contributed by atoms with E-state index in [1.807, 2.05) is 0 Å². The van der Waals surface area contributed by atoms with Crippen LogP contribution in [-0.2, 0) is 14.8 Å². The number of hydrogen-bond acceptors (Lipinski definition) is 6. The first-order valence-electron chi connectivity index (χ1n) is 5.73. The van der Waals surface area contributed by atoms with Gasteiger partial charge in [0.1, 0.15) is 0 Å². The Morgan fingerprint density at radius 1 is 1.35 bits per heavy atom. The van der Waals surface area contributed by atoms with E-state index in [-0.39, 0.29) is 17.0 Å². The van der Waals surface area contributed by atoms with E-state index in [2.05, 4.69) is 9.46 Å². The third kappa shape index (κ3) is 4.27. The molecule has 3 N–H and O–H groups in total. The van der Waals surface area contributed by atoms with Crippen molar-refractivity contribution in [2.45, 2.75) is 17.4 Å². The summed E-state index contributed by atoms with van der Waals surface area (Å²) in [6, 6.07) is 5.15. The molecule has 1 unspecified atom stereocenters. The number of rotatable bonds is 6. The molecule has 0 bridgehead atoms. The van der Waals surface area contributed by atoms with E-state index in [1.54, 1.807) is 0 Å². The van der Waals surface area contributed by atoms with Crippen LogP contribution in [0.25, 0.3) is 0 Å². The smallest absolute Gasteiger partial charge is 0.337 e. The molecule has 0 amide bonds. The highest BCUT2D eigenvalue weighted by molar-refractivity contribution is 7.89. The van der Waals surface area contributed by atoms with E-state index < -0.39 is 28.2 Å². The molecule has 0 aliphatic carbocycles. The summed E-state index contributed by atoms with van der Waals surface area (Å²) >= 11 is 0. The maximum absolute atomic E-state index is 11.9. The lowest BCUT2D eigenvalue weighted by Crippen LogP contribution is -2.43. The van der Waals surface area contributed by atoms with Crippen LogP contribution < -0.4 is 4.72 Å². The molecular formula is C12H17NO6S. The fraction of sp³-hybridized carbons (Fsp3) is 0.417. The number of esters is 1. The zero-order valence-corrected chi connectivity index (χ0v) is 12.0. The summed E-state index contributed by atoms with van der Waals surface area (Å²) in [4.78, 5) is 11.2. The van der Waals surface area contributed by atoms with Crippen LogP contribution in [0.4, 0.5) is 0 Å². The molecule has 0 fully saturated rings. The zero-order chi connectivity index (χ0) is 15.4. The highest BCUT2D eigenvalue weighted by Crippen LogP contribution is 2.12. The van der Waals surface area contributed by atoms with Gasteiger partial charge in [0.15, 0.2) is 0 Å². The summed E-state index contributed by atoms with van der Waals surface area (Å²) in [7, 11) is -2.60. The Morgan fingerprint density at radius 2 is 1.90 bits per heavy atom. The molecule has 0 aliphatic heterocycles. The fourth-order valence-corrected chi connectivity index (χ4v) is 2.44. The van der Waals surface area contributed by atoms with Crippen molar-refractivity contribution in [3.63, 3.8) is 0 Å². The number of carbonyl (C=O) groups is 1. The third-order valence-electron chi connectivity index (χ3n) is 2.57. The van der Waals surface area contributed by atoms with Crippen LogP contribution in [-0.4, -0.2) is 50.5 Å². The molecule has 1 aromatic rings. The van der Waals surface area contributed by atoms with Crippen LogP contribution in [0.3, 0.4) is 0 Å². The van der Waals surface area contributed by atoms with Crippen molar-refractivity contribution in [3.8, 4) is 0 Å². The van der Waals surface area contributed by atoms with Crippen LogP contribution in [0.15, 0.2) is 29.2 Å². The number of benzene rings is 1. The summed E-state index contributed by atoms with van der Waals surface area (Å²) in [5.74, 6) is -0.565. The highest BCUT2D eigenvalue weighted by Gasteiger charge is 2.23. The van der Waals surface area contributed by atoms with Gasteiger partial charge in [-0.2, -0.15) is 0 Å². The predicted octanol–water partition coefficient (Wildman–Crippen LogP) is -0.505. The minimum atomic E-state index is -3.83. The van der Waals surface area contributed by atoms with E-state index in [0.29, 0.717) is 0 Å². The number of hydrogen-bond donors (Lipinski definition) is 3. The summed E-state index contributed by atoms with van der Waals surface area (Å²) in [6.45, 7) is 0.400. The van der Waals surface area contributed by atoms with Crippen molar-refractivity contribution in [2.24, 2.45) is 0 Å². The number of ether oxygens (including phenoxy) is 1. The van der Waals surface area contributed by atoms with Crippen LogP contribution in [0.2, 0.25) is 0 Å². The number of aliphatic hydroxyl groups excluding tert-OH is 1. The van der Waals surface area contributed by atoms with Gasteiger partial charge in [-0.1, -0.05) is 0 Å². The van der Waals surface area contributed by atoms with Gasteiger partial charge in [0.2, 0.25) is 10.0 Å². The highest BCUT2D eigenvalue weighted by atomic mass is 32.2. The van der Waals surface area contributed by atoms with Crippen molar-refractivity contribution in [1.29, 1.82) is 0 Å². The molecule has 0 radical (unpaired) electrons. The van der Waals surface area contributed by atoms with Gasteiger partial charge in [-0.15, -0.1) is 0 Å². The van der Waals surface area contributed by atoms with E-state index in [0.717, 1.165) is 0 Å². The van der Waals surface area contributed by atoms with Gasteiger partial charge in [-0.25, -0.2) is 17.9 Å². The minimum Gasteiger partial charge on any atom is -0.465 e. The van der Waals surface area contributed by atoms with Gasteiger partial charge >= 0.3 is 5.97 Å². The second kappa shape index (κ2) is 6.31. The maximum atomic E-state index is 11.9. The molecule has 0 saturated heterocycles. The van der Waals surface area contributed by atoms with Crippen molar-refractivity contribution in [1.82, 2.24) is 4.72 Å². The van der Waals surface area contributed by atoms with Gasteiger partial charge in [0.05, 0.1) is 29.8 Å². The number of carbonyl (C=O) groups excluding carboxylic acids is 1. The van der Waals surface area contributed by atoms with E-state index >= 15 is 0 Å². The number of sulfonamides is 1. The molecule has 1 atom stereocenters. The normalized spacial score (nSPS) is 14.6. The average molecular weight is 303 g/mol. The number of nitrogens with one attached hydrogen (secondary N) is 1. The van der Waals surface area contributed by atoms with Crippen LogP contribution >= 0.6 is 0 Å². The Labute approximate surface area is 117 Å². The van der Waals surface area contributed by atoms with Gasteiger partial charge in [-0.05, 0) is 31.2 Å². The van der Waals surface area contributed by atoms with Crippen LogP contribution in [0.5, 0.6) is 0 Å². The molecule has 0 heterocycles. The monoisotopic (exact) mass is 303 g/mol. The lowest BCUT2D eigenvalue weighted by atomic mass is 10.1. The lowest BCUT2D eigenvalue weighted by molar-refractivity contribution is 0.00681. The summed E-state index contributed by atoms with van der Waals surface area (Å²) in [6.07, 6.45) is 0. The van der Waals surface area contributed by atoms with E-state index in [1.165, 1.54) is 38.3 Å². The summed E-state index contributed by atoms with van der Waals surface area (Å²) in [5.41, 5.74) is -1.31. The van der Waals surface area contributed by atoms with Crippen molar-refractivity contribution < 1.29 is 28.2 Å². The quantitative estimate of drug-likeness (QED) is 0.610. The third-order valence-corrected chi connectivity index (χ3v) is 3.99. The van der Waals surface area contributed by atoms with E-state index in [9.17, 15) is 18.3 Å². The Hall–Kier alpha value is -1.48. The number of methoxy groups -OCH3 is 1. The summed E-state index contributed by atoms with van der Waals surface area (Å²) < 4.78 is 30.5. The lowest BCUT2D eigenvalue weighted by Gasteiger charge is -2.20. The second-order valence-corrected chi connectivity index (χ2v) is 6.26. The van der Waals surface area contributed by atoms with Crippen LogP contribution in [0.1, 0.15) is 17.3 Å². The van der Waals surface area contributed by atoms with E-state index in [4.69, 9.17) is 5.11 Å². The van der Waals surface area contributed by atoms with Crippen molar-refractivity contribution >= 4 is 16.0 Å². The van der Waals surface area contributed by atoms with Crippen molar-refractivity contribution in [2.75, 3.05) is 20.3 Å². The van der Waals surface area contributed by atoms with Crippen LogP contribution in [0, 0.1) is 0 Å². The predicted molar refractivity (Wildman–Crippen MR) is 70.7 cm³/mol. The Morgan fingerprint density at radius 3 is 2.35 bits per heavy atom. The summed E-state index contributed by atoms with van der Waals surface area (Å²) in [5, 5.41) is 18.4. The first-order chi connectivity index (χ1) is 9.22. The fourth-order valence-electron chi connectivity index (χ4n) is 1.28. The zero-order valence-electron chi connectivity index (χ0n) is 11.2. The molecule has 8 heteroatoms. The van der Waals surface area contributed by atoms with Gasteiger partial charge in [-0.3, -0.25) is 0 Å². The van der Waals surface area contributed by atoms with Crippen molar-refractivity contribution in [3.05, 3.63) is 29.8 Å². The largest absolute Gasteiger partial charge is 0.465 e. The van der Waals surface area contributed by atoms with Gasteiger partial charge < -0.3 is 14.9 Å². The molecule has 1 rings (SSSR count). The molecule has 1 aromatic carbocycles. The molecule has 20 heavy (non-hydrogen) atoms. The molecule has 0 aliphatic rings. The maximum Gasteiger partial charge on any atom is 0.337 e. The number of aliphatic hydroxyl groups is 2. The Balaban J connectivity index is 2.86. The second-order valence-electron chi connectivity index (χ2n) is 4.50. The molecule has 0 aromatic heterocycles. The average Bonchev–Trinajstić information content (AvgIpc) is 2.45. The van der Waals surface area contributed by atoms with Gasteiger partial charge in [0, 0.05) is 6.54 Å². The molecule has 0 spiro atoms. The SMILES string of the molecule is COC(=O)c1ccc(S(=O)(=O)NCC(C)(O)CO)cc1.